The van der Waals surface area contributed by atoms with E-state index in [1.807, 2.05) is 38.1 Å². The van der Waals surface area contributed by atoms with E-state index in [1.54, 1.807) is 0 Å². The third-order valence-corrected chi connectivity index (χ3v) is 3.64. The summed E-state index contributed by atoms with van der Waals surface area (Å²) in [7, 11) is 0. The fourth-order valence-corrected chi connectivity index (χ4v) is 2.26. The minimum atomic E-state index is -0.221. The molecule has 1 aromatic rings. The number of benzene rings is 1. The summed E-state index contributed by atoms with van der Waals surface area (Å²) < 4.78 is 5.65. The zero-order valence-electron chi connectivity index (χ0n) is 12.3. The lowest BCUT2D eigenvalue weighted by molar-refractivity contribution is -0.118. The van der Waals surface area contributed by atoms with Crippen molar-refractivity contribution in [2.75, 3.05) is 18.5 Å². The van der Waals surface area contributed by atoms with Crippen molar-refractivity contribution in [2.24, 2.45) is 0 Å². The average molecular weight is 276 g/mol. The lowest BCUT2D eigenvalue weighted by Gasteiger charge is -2.24. The molecule has 0 radical (unpaired) electrons. The van der Waals surface area contributed by atoms with Gasteiger partial charge in [0.15, 0.2) is 0 Å². The van der Waals surface area contributed by atoms with Gasteiger partial charge in [-0.1, -0.05) is 17.7 Å². The van der Waals surface area contributed by atoms with E-state index in [2.05, 4.69) is 10.6 Å². The van der Waals surface area contributed by atoms with Crippen LogP contribution in [0.1, 0.15) is 31.7 Å². The van der Waals surface area contributed by atoms with Crippen LogP contribution in [0.25, 0.3) is 0 Å². The normalized spacial score (nSPS) is 20.4. The third-order valence-electron chi connectivity index (χ3n) is 3.64. The van der Waals surface area contributed by atoms with Gasteiger partial charge < -0.3 is 15.4 Å². The van der Waals surface area contributed by atoms with Crippen molar-refractivity contribution in [1.29, 1.82) is 0 Å². The van der Waals surface area contributed by atoms with Gasteiger partial charge in [-0.25, -0.2) is 0 Å². The molecule has 1 aromatic carbocycles. The molecule has 1 aliphatic heterocycles. The number of amides is 1. The van der Waals surface area contributed by atoms with E-state index in [0.717, 1.165) is 31.7 Å². The molecule has 2 N–H and O–H groups in total. The van der Waals surface area contributed by atoms with E-state index in [9.17, 15) is 4.79 Å². The van der Waals surface area contributed by atoms with Crippen LogP contribution in [-0.4, -0.2) is 31.2 Å². The van der Waals surface area contributed by atoms with E-state index >= 15 is 0 Å². The van der Waals surface area contributed by atoms with E-state index in [0.29, 0.717) is 0 Å². The largest absolute Gasteiger partial charge is 0.377 e. The number of rotatable bonds is 5. The maximum absolute atomic E-state index is 12.1. The highest BCUT2D eigenvalue weighted by Crippen LogP contribution is 2.12. The van der Waals surface area contributed by atoms with Gasteiger partial charge in [0.1, 0.15) is 0 Å². The number of anilines is 1. The molecule has 110 valence electrons. The molecule has 0 aromatic heterocycles. The molecule has 2 unspecified atom stereocenters. The van der Waals surface area contributed by atoms with Gasteiger partial charge in [0.05, 0.1) is 12.1 Å². The van der Waals surface area contributed by atoms with E-state index in [1.165, 1.54) is 12.0 Å². The minimum absolute atomic E-state index is 0.00957. The number of hydrogen-bond acceptors (Lipinski definition) is 3. The number of carbonyl (C=O) groups excluding carboxylic acids is 1. The molecule has 1 heterocycles. The van der Waals surface area contributed by atoms with Crippen molar-refractivity contribution >= 4 is 11.6 Å². The molecule has 1 amide bonds. The van der Waals surface area contributed by atoms with Crippen LogP contribution >= 0.6 is 0 Å². The molecule has 4 heteroatoms. The maximum Gasteiger partial charge on any atom is 0.241 e. The summed E-state index contributed by atoms with van der Waals surface area (Å²) >= 11 is 0. The van der Waals surface area contributed by atoms with Gasteiger partial charge in [-0.15, -0.1) is 0 Å². The number of hydrogen-bond donors (Lipinski definition) is 2. The van der Waals surface area contributed by atoms with Crippen LogP contribution in [-0.2, 0) is 9.53 Å². The zero-order chi connectivity index (χ0) is 14.4. The Kier molecular flexibility index (Phi) is 5.56. The first kappa shape index (κ1) is 15.0. The van der Waals surface area contributed by atoms with E-state index < -0.39 is 0 Å². The summed E-state index contributed by atoms with van der Waals surface area (Å²) in [4.78, 5) is 12.1. The molecule has 4 nitrogen and oxygen atoms in total. The number of nitrogens with one attached hydrogen (secondary N) is 2. The number of ether oxygens (including phenoxy) is 1. The molecular formula is C16H24N2O2. The van der Waals surface area contributed by atoms with Crippen LogP contribution in [0.4, 0.5) is 5.69 Å². The van der Waals surface area contributed by atoms with Crippen LogP contribution in [0.2, 0.25) is 0 Å². The molecule has 1 saturated heterocycles. The van der Waals surface area contributed by atoms with Crippen LogP contribution < -0.4 is 10.6 Å². The molecule has 1 aliphatic rings. The van der Waals surface area contributed by atoms with Crippen molar-refractivity contribution in [3.63, 3.8) is 0 Å². The van der Waals surface area contributed by atoms with Crippen LogP contribution in [0.3, 0.4) is 0 Å². The topological polar surface area (TPSA) is 50.4 Å². The second kappa shape index (κ2) is 7.41. The first-order valence-corrected chi connectivity index (χ1v) is 7.37. The third kappa shape index (κ3) is 4.62. The van der Waals surface area contributed by atoms with Crippen LogP contribution in [0.15, 0.2) is 24.3 Å². The van der Waals surface area contributed by atoms with Crippen LogP contribution in [0.5, 0.6) is 0 Å². The fraction of sp³-hybridized carbons (Fsp3) is 0.562. The lowest BCUT2D eigenvalue weighted by Crippen LogP contribution is -2.43. The van der Waals surface area contributed by atoms with Gasteiger partial charge >= 0.3 is 0 Å². The Morgan fingerprint density at radius 1 is 1.35 bits per heavy atom. The molecular weight excluding hydrogens is 252 g/mol. The standard InChI is InChI=1S/C16H24N2O2/c1-12-6-8-14(9-7-12)18-16(19)13(2)17-11-15-5-3-4-10-20-15/h6-9,13,15,17H,3-5,10-11H2,1-2H3,(H,18,19). The Labute approximate surface area is 120 Å². The Hall–Kier alpha value is -1.39. The fourth-order valence-electron chi connectivity index (χ4n) is 2.26. The quantitative estimate of drug-likeness (QED) is 0.868. The molecule has 0 saturated carbocycles. The predicted molar refractivity (Wildman–Crippen MR) is 80.9 cm³/mol. The van der Waals surface area contributed by atoms with Crippen LogP contribution in [0, 0.1) is 6.92 Å². The zero-order valence-corrected chi connectivity index (χ0v) is 12.3. The highest BCUT2D eigenvalue weighted by molar-refractivity contribution is 5.94. The van der Waals surface area contributed by atoms with E-state index in [4.69, 9.17) is 4.74 Å². The average Bonchev–Trinajstić information content (AvgIpc) is 2.48. The molecule has 0 spiro atoms. The van der Waals surface area contributed by atoms with Crippen molar-refractivity contribution in [3.05, 3.63) is 29.8 Å². The second-order valence-corrected chi connectivity index (χ2v) is 5.47. The monoisotopic (exact) mass is 276 g/mol. The highest BCUT2D eigenvalue weighted by Gasteiger charge is 2.17. The SMILES string of the molecule is Cc1ccc(NC(=O)C(C)NCC2CCCCO2)cc1. The minimum Gasteiger partial charge on any atom is -0.377 e. The van der Waals surface area contributed by atoms with Crippen molar-refractivity contribution in [3.8, 4) is 0 Å². The summed E-state index contributed by atoms with van der Waals surface area (Å²) in [5.41, 5.74) is 2.02. The molecule has 0 bridgehead atoms. The maximum atomic E-state index is 12.1. The summed E-state index contributed by atoms with van der Waals surface area (Å²) in [5, 5.41) is 6.16. The summed E-state index contributed by atoms with van der Waals surface area (Å²) in [5.74, 6) is -0.00957. The number of aryl methyl sites for hydroxylation is 1. The van der Waals surface area contributed by atoms with Gasteiger partial charge in [-0.2, -0.15) is 0 Å². The predicted octanol–water partition coefficient (Wildman–Crippen LogP) is 2.48. The first-order valence-electron chi connectivity index (χ1n) is 7.37. The summed E-state index contributed by atoms with van der Waals surface area (Å²) in [6.45, 7) is 5.49. The smallest absolute Gasteiger partial charge is 0.241 e. The molecule has 0 aliphatic carbocycles. The summed E-state index contributed by atoms with van der Waals surface area (Å²) in [6.07, 6.45) is 3.70. The number of carbonyl (C=O) groups is 1. The lowest BCUT2D eigenvalue weighted by atomic mass is 10.1. The Bertz CT molecular complexity index is 425. The van der Waals surface area contributed by atoms with E-state index in [-0.39, 0.29) is 18.1 Å². The Balaban J connectivity index is 1.75. The van der Waals surface area contributed by atoms with Gasteiger partial charge in [0.2, 0.25) is 5.91 Å². The van der Waals surface area contributed by atoms with Crippen molar-refractivity contribution in [2.45, 2.75) is 45.3 Å². The van der Waals surface area contributed by atoms with Crippen molar-refractivity contribution < 1.29 is 9.53 Å². The molecule has 2 rings (SSSR count). The van der Waals surface area contributed by atoms with Gasteiger partial charge in [-0.3, -0.25) is 4.79 Å². The van der Waals surface area contributed by atoms with Gasteiger partial charge in [0.25, 0.3) is 0 Å². The molecule has 2 atom stereocenters. The van der Waals surface area contributed by atoms with Crippen molar-refractivity contribution in [1.82, 2.24) is 5.32 Å². The second-order valence-electron chi connectivity index (χ2n) is 5.47. The highest BCUT2D eigenvalue weighted by atomic mass is 16.5. The molecule has 1 fully saturated rings. The van der Waals surface area contributed by atoms with Gasteiger partial charge in [0, 0.05) is 18.8 Å². The summed E-state index contributed by atoms with van der Waals surface area (Å²) in [6, 6.07) is 7.60. The Morgan fingerprint density at radius 2 is 2.10 bits per heavy atom. The molecule has 20 heavy (non-hydrogen) atoms. The first-order chi connectivity index (χ1) is 9.65. The Morgan fingerprint density at radius 3 is 2.75 bits per heavy atom. The van der Waals surface area contributed by atoms with Gasteiger partial charge in [-0.05, 0) is 45.2 Å².